The van der Waals surface area contributed by atoms with Crippen LogP contribution < -0.4 is 27.4 Å². The van der Waals surface area contributed by atoms with E-state index in [1.54, 1.807) is 37.7 Å². The lowest BCUT2D eigenvalue weighted by atomic mass is 10.0. The Morgan fingerprint density at radius 2 is 1.51 bits per heavy atom. The molecule has 0 aliphatic carbocycles. The van der Waals surface area contributed by atoms with Crippen LogP contribution in [0.5, 0.6) is 5.75 Å². The smallest absolute Gasteiger partial charge is 0.326 e. The van der Waals surface area contributed by atoms with Gasteiger partial charge >= 0.3 is 5.97 Å². The van der Waals surface area contributed by atoms with Crippen LogP contribution in [-0.4, -0.2) is 76.6 Å². The van der Waals surface area contributed by atoms with E-state index < -0.39 is 47.9 Å². The standard InChI is InChI=1S/C25H41N5O6S/c1-15(2)21(25(35)36)30-23(33)19(6-4-5-12-26)28-24(34)20(14-16-7-9-17(31)10-8-16)29-22(32)18(27)11-13-37-3/h7-10,15,18-21,31H,4-6,11-14,26-27H2,1-3H3,(H,28,34)(H,29,32)(H,30,33)(H,35,36). The van der Waals surface area contributed by atoms with Gasteiger partial charge < -0.3 is 37.6 Å². The van der Waals surface area contributed by atoms with Crippen molar-refractivity contribution >= 4 is 35.5 Å². The van der Waals surface area contributed by atoms with Gasteiger partial charge in [0.1, 0.15) is 23.9 Å². The Morgan fingerprint density at radius 1 is 0.919 bits per heavy atom. The van der Waals surface area contributed by atoms with E-state index in [1.807, 2.05) is 6.26 Å². The number of aromatic hydroxyl groups is 1. The van der Waals surface area contributed by atoms with Crippen molar-refractivity contribution in [1.29, 1.82) is 0 Å². The number of unbranched alkanes of at least 4 members (excludes halogenated alkanes) is 1. The number of rotatable bonds is 17. The van der Waals surface area contributed by atoms with Crippen molar-refractivity contribution in [2.24, 2.45) is 17.4 Å². The van der Waals surface area contributed by atoms with E-state index in [4.69, 9.17) is 11.5 Å². The molecule has 0 aliphatic heterocycles. The Labute approximate surface area is 222 Å². The van der Waals surface area contributed by atoms with Crippen molar-refractivity contribution in [2.45, 2.75) is 70.1 Å². The molecule has 37 heavy (non-hydrogen) atoms. The van der Waals surface area contributed by atoms with Crippen molar-refractivity contribution in [3.63, 3.8) is 0 Å². The van der Waals surface area contributed by atoms with Gasteiger partial charge in [-0.3, -0.25) is 14.4 Å². The van der Waals surface area contributed by atoms with Gasteiger partial charge in [0.15, 0.2) is 0 Å². The first-order chi connectivity index (χ1) is 17.5. The number of phenols is 1. The molecule has 4 unspecified atom stereocenters. The summed E-state index contributed by atoms with van der Waals surface area (Å²) in [5.74, 6) is -2.54. The van der Waals surface area contributed by atoms with Crippen LogP contribution in [0, 0.1) is 5.92 Å². The zero-order chi connectivity index (χ0) is 28.0. The van der Waals surface area contributed by atoms with Crippen LogP contribution in [0.2, 0.25) is 0 Å². The van der Waals surface area contributed by atoms with Crippen LogP contribution in [0.3, 0.4) is 0 Å². The van der Waals surface area contributed by atoms with E-state index in [2.05, 4.69) is 16.0 Å². The maximum Gasteiger partial charge on any atom is 0.326 e. The number of nitrogens with two attached hydrogens (primary N) is 2. The summed E-state index contributed by atoms with van der Waals surface area (Å²) in [5, 5.41) is 26.9. The summed E-state index contributed by atoms with van der Waals surface area (Å²) in [4.78, 5) is 50.6. The average Bonchev–Trinajstić information content (AvgIpc) is 2.85. The predicted molar refractivity (Wildman–Crippen MR) is 144 cm³/mol. The summed E-state index contributed by atoms with van der Waals surface area (Å²) in [7, 11) is 0. The number of benzene rings is 1. The molecule has 0 radical (unpaired) electrons. The van der Waals surface area contributed by atoms with Crippen LogP contribution >= 0.6 is 11.8 Å². The summed E-state index contributed by atoms with van der Waals surface area (Å²) < 4.78 is 0. The highest BCUT2D eigenvalue weighted by Crippen LogP contribution is 2.13. The minimum atomic E-state index is -1.17. The third-order valence-corrected chi connectivity index (χ3v) is 6.43. The molecule has 4 atom stereocenters. The fraction of sp³-hybridized carbons (Fsp3) is 0.600. The molecule has 0 spiro atoms. The molecular weight excluding hydrogens is 498 g/mol. The minimum absolute atomic E-state index is 0.0580. The normalized spacial score (nSPS) is 14.3. The first kappa shape index (κ1) is 32.2. The first-order valence-corrected chi connectivity index (χ1v) is 13.8. The fourth-order valence-corrected chi connectivity index (χ4v) is 4.02. The molecular formula is C25H41N5O6S. The lowest BCUT2D eigenvalue weighted by molar-refractivity contribution is -0.143. The first-order valence-electron chi connectivity index (χ1n) is 12.4. The van der Waals surface area contributed by atoms with Gasteiger partial charge in [-0.2, -0.15) is 11.8 Å². The van der Waals surface area contributed by atoms with Crippen LogP contribution in [0.4, 0.5) is 0 Å². The van der Waals surface area contributed by atoms with Crippen molar-refractivity contribution in [3.8, 4) is 5.75 Å². The van der Waals surface area contributed by atoms with Gasteiger partial charge in [0, 0.05) is 6.42 Å². The lowest BCUT2D eigenvalue weighted by Crippen LogP contribution is -2.58. The molecule has 208 valence electrons. The zero-order valence-corrected chi connectivity index (χ0v) is 22.6. The second-order valence-corrected chi connectivity index (χ2v) is 10.2. The van der Waals surface area contributed by atoms with Gasteiger partial charge in [-0.15, -0.1) is 0 Å². The Morgan fingerprint density at radius 3 is 2.05 bits per heavy atom. The molecule has 0 aliphatic rings. The number of carboxylic acid groups (broad SMARTS) is 1. The summed E-state index contributed by atoms with van der Waals surface area (Å²) in [6.07, 6.45) is 3.81. The largest absolute Gasteiger partial charge is 0.508 e. The maximum atomic E-state index is 13.3. The number of amides is 3. The molecule has 0 aromatic heterocycles. The highest BCUT2D eigenvalue weighted by molar-refractivity contribution is 7.98. The zero-order valence-electron chi connectivity index (χ0n) is 21.7. The minimum Gasteiger partial charge on any atom is -0.508 e. The van der Waals surface area contributed by atoms with E-state index in [-0.39, 0.29) is 24.5 Å². The maximum absolute atomic E-state index is 13.3. The van der Waals surface area contributed by atoms with Gasteiger partial charge in [-0.05, 0) is 67.9 Å². The monoisotopic (exact) mass is 539 g/mol. The van der Waals surface area contributed by atoms with E-state index >= 15 is 0 Å². The summed E-state index contributed by atoms with van der Waals surface area (Å²) in [6, 6.07) is 2.18. The third kappa shape index (κ3) is 11.8. The van der Waals surface area contributed by atoms with E-state index in [0.29, 0.717) is 37.1 Å². The van der Waals surface area contributed by atoms with Crippen molar-refractivity contribution in [3.05, 3.63) is 29.8 Å². The highest BCUT2D eigenvalue weighted by Gasteiger charge is 2.31. The van der Waals surface area contributed by atoms with E-state index in [1.165, 1.54) is 12.1 Å². The Balaban J connectivity index is 3.12. The molecule has 11 nitrogen and oxygen atoms in total. The number of thioether (sulfide) groups is 1. The Kier molecular flexibility index (Phi) is 14.6. The number of hydrogen-bond acceptors (Lipinski definition) is 8. The number of carboxylic acids is 1. The molecule has 0 fully saturated rings. The van der Waals surface area contributed by atoms with Crippen LogP contribution in [-0.2, 0) is 25.6 Å². The second kappa shape index (κ2) is 16.8. The molecule has 0 bridgehead atoms. The van der Waals surface area contributed by atoms with Gasteiger partial charge in [0.25, 0.3) is 0 Å². The van der Waals surface area contributed by atoms with Crippen molar-refractivity contribution in [1.82, 2.24) is 16.0 Å². The lowest BCUT2D eigenvalue weighted by Gasteiger charge is -2.26. The molecule has 12 heteroatoms. The van der Waals surface area contributed by atoms with Crippen molar-refractivity contribution in [2.75, 3.05) is 18.6 Å². The van der Waals surface area contributed by atoms with Gasteiger partial charge in [-0.1, -0.05) is 26.0 Å². The van der Waals surface area contributed by atoms with Crippen LogP contribution in [0.15, 0.2) is 24.3 Å². The van der Waals surface area contributed by atoms with Gasteiger partial charge in [-0.25, -0.2) is 4.79 Å². The molecule has 9 N–H and O–H groups in total. The molecule has 1 aromatic carbocycles. The number of nitrogens with one attached hydrogen (secondary N) is 3. The third-order valence-electron chi connectivity index (χ3n) is 5.79. The topological polar surface area (TPSA) is 197 Å². The number of hydrogen-bond donors (Lipinski definition) is 7. The number of phenolic OH excluding ortho intramolecular Hbond substituents is 1. The molecule has 1 aromatic rings. The van der Waals surface area contributed by atoms with Crippen LogP contribution in [0.1, 0.15) is 45.1 Å². The number of carbonyl (C=O) groups is 4. The SMILES string of the molecule is CSCCC(N)C(=O)NC(Cc1ccc(O)cc1)C(=O)NC(CCCCN)C(=O)NC(C(=O)O)C(C)C. The molecule has 0 saturated heterocycles. The van der Waals surface area contributed by atoms with Crippen molar-refractivity contribution < 1.29 is 29.4 Å². The number of carbonyl (C=O) groups excluding carboxylic acids is 3. The van der Waals surface area contributed by atoms with Gasteiger partial charge in [0.05, 0.1) is 6.04 Å². The summed E-state index contributed by atoms with van der Waals surface area (Å²) in [5.41, 5.74) is 12.2. The molecule has 1 rings (SSSR count). The Bertz CT molecular complexity index is 883. The number of aliphatic carboxylic acids is 1. The second-order valence-electron chi connectivity index (χ2n) is 9.23. The van der Waals surface area contributed by atoms with E-state index in [9.17, 15) is 29.4 Å². The quantitative estimate of drug-likeness (QED) is 0.136. The summed E-state index contributed by atoms with van der Waals surface area (Å²) >= 11 is 1.55. The fourth-order valence-electron chi connectivity index (χ4n) is 3.53. The van der Waals surface area contributed by atoms with Gasteiger partial charge in [0.2, 0.25) is 17.7 Å². The van der Waals surface area contributed by atoms with E-state index in [0.717, 1.165) is 0 Å². The van der Waals surface area contributed by atoms with Crippen LogP contribution in [0.25, 0.3) is 0 Å². The molecule has 0 saturated carbocycles. The molecule has 3 amide bonds. The predicted octanol–water partition coefficient (Wildman–Crippen LogP) is 0.339. The molecule has 0 heterocycles. The highest BCUT2D eigenvalue weighted by atomic mass is 32.2. The Hall–Kier alpha value is -2.83. The summed E-state index contributed by atoms with van der Waals surface area (Å²) in [6.45, 7) is 3.74. The average molecular weight is 540 g/mol.